The number of Topliss-reactive ketones (excluding diaryl/α,β-unsaturated/α-hetero) is 2. The van der Waals surface area contributed by atoms with Crippen LogP contribution in [0, 0.1) is 5.92 Å². The van der Waals surface area contributed by atoms with Gasteiger partial charge in [-0.05, 0) is 43.4 Å². The van der Waals surface area contributed by atoms with Crippen LogP contribution in [0.4, 0.5) is 0 Å². The van der Waals surface area contributed by atoms with Crippen LogP contribution in [0.3, 0.4) is 0 Å². The number of aromatic hydroxyl groups is 1. The molecule has 8 heteroatoms. The van der Waals surface area contributed by atoms with Crippen molar-refractivity contribution in [1.82, 2.24) is 5.32 Å². The zero-order valence-electron chi connectivity index (χ0n) is 25.5. The zero-order valence-corrected chi connectivity index (χ0v) is 25.5. The highest BCUT2D eigenvalue weighted by Crippen LogP contribution is 2.25. The van der Waals surface area contributed by atoms with Crippen LogP contribution in [0.15, 0.2) is 35.6 Å². The number of ketones is 2. The lowest BCUT2D eigenvalue weighted by molar-refractivity contribution is -0.119. The molecular weight excluding hydrogens is 534 g/mol. The summed E-state index contributed by atoms with van der Waals surface area (Å²) in [6.07, 6.45) is 16.0. The lowest BCUT2D eigenvalue weighted by Gasteiger charge is -2.12. The van der Waals surface area contributed by atoms with Crippen molar-refractivity contribution in [2.75, 3.05) is 6.61 Å². The van der Waals surface area contributed by atoms with Gasteiger partial charge in [0.05, 0.1) is 18.8 Å². The smallest absolute Gasteiger partial charge is 0.259 e. The number of hydrogen-bond acceptors (Lipinski definition) is 7. The number of allylic oxidation sites excluding steroid dienone is 1. The van der Waals surface area contributed by atoms with Crippen LogP contribution in [0.25, 0.3) is 0 Å². The molecule has 8 nitrogen and oxygen atoms in total. The third-order valence-electron chi connectivity index (χ3n) is 8.24. The normalized spacial score (nSPS) is 17.7. The second kappa shape index (κ2) is 20.2. The van der Waals surface area contributed by atoms with Crippen molar-refractivity contribution in [2.24, 2.45) is 5.92 Å². The third kappa shape index (κ3) is 13.5. The Morgan fingerprint density at radius 1 is 0.810 bits per heavy atom. The van der Waals surface area contributed by atoms with Gasteiger partial charge >= 0.3 is 0 Å². The fraction of sp³-hybridized carbons (Fsp3) is 0.676. The molecular formula is C34H53NO7. The molecule has 3 atom stereocenters. The highest BCUT2D eigenvalue weighted by Gasteiger charge is 2.39. The molecule has 236 valence electrons. The molecule has 1 aromatic carbocycles. The van der Waals surface area contributed by atoms with Gasteiger partial charge in [-0.25, -0.2) is 0 Å². The minimum atomic E-state index is -0.709. The maximum atomic E-state index is 12.8. The molecule has 1 fully saturated rings. The van der Waals surface area contributed by atoms with E-state index in [2.05, 4.69) is 5.32 Å². The summed E-state index contributed by atoms with van der Waals surface area (Å²) in [4.78, 5) is 37.4. The van der Waals surface area contributed by atoms with E-state index < -0.39 is 18.1 Å². The maximum Gasteiger partial charge on any atom is 0.259 e. The second-order valence-corrected chi connectivity index (χ2v) is 12.0. The van der Waals surface area contributed by atoms with E-state index >= 15 is 0 Å². The molecule has 1 heterocycles. The summed E-state index contributed by atoms with van der Waals surface area (Å²) in [6.45, 7) is 1.69. The Morgan fingerprint density at radius 2 is 1.31 bits per heavy atom. The average Bonchev–Trinajstić information content (AvgIpc) is 3.25. The van der Waals surface area contributed by atoms with E-state index in [0.717, 1.165) is 89.0 Å². The van der Waals surface area contributed by atoms with E-state index in [9.17, 15) is 29.7 Å². The SMILES string of the molecule is C[C@@H](CCCCCCCCC(=O)CCCCCCCCC[C@@H](O)CO)C(O)=C1C(=O)N[C@@H](Cc2ccc(O)cc2)C1=O. The standard InChI is InChI=1S/C34H53NO7/c1-25(32(40)31-33(41)30(35-34(31)42)23-26-19-21-28(38)22-20-26)15-11-7-5-6-9-13-17-27(37)16-12-8-3-2-4-10-14-18-29(39)24-36/h19-22,25,29-30,36,38-40H,2-18,23-24H2,1H3,(H,35,42)/t25-,29+,30-/m0/s1. The highest BCUT2D eigenvalue weighted by atomic mass is 16.3. The molecule has 2 rings (SSSR count). The molecule has 0 spiro atoms. The molecule has 1 aliphatic heterocycles. The van der Waals surface area contributed by atoms with E-state index in [0.29, 0.717) is 37.9 Å². The Bertz CT molecular complexity index is 988. The van der Waals surface area contributed by atoms with E-state index in [1.807, 2.05) is 6.92 Å². The number of phenolic OH excluding ortho intramolecular Hbond substituents is 1. The number of rotatable bonds is 23. The Hall–Kier alpha value is -2.71. The van der Waals surface area contributed by atoms with Crippen LogP contribution < -0.4 is 5.32 Å². The molecule has 42 heavy (non-hydrogen) atoms. The lowest BCUT2D eigenvalue weighted by Crippen LogP contribution is -2.31. The molecule has 1 aromatic rings. The second-order valence-electron chi connectivity index (χ2n) is 12.0. The number of benzene rings is 1. The van der Waals surface area contributed by atoms with E-state index in [1.165, 1.54) is 12.1 Å². The summed E-state index contributed by atoms with van der Waals surface area (Å²) in [5.74, 6) is -0.800. The van der Waals surface area contributed by atoms with Crippen molar-refractivity contribution in [3.05, 3.63) is 41.2 Å². The predicted molar refractivity (Wildman–Crippen MR) is 164 cm³/mol. The van der Waals surface area contributed by atoms with Crippen molar-refractivity contribution in [1.29, 1.82) is 0 Å². The van der Waals surface area contributed by atoms with Crippen molar-refractivity contribution >= 4 is 17.5 Å². The van der Waals surface area contributed by atoms with Crippen LogP contribution in [-0.2, 0) is 20.8 Å². The maximum absolute atomic E-state index is 12.8. The van der Waals surface area contributed by atoms with Crippen LogP contribution >= 0.6 is 0 Å². The van der Waals surface area contributed by atoms with Crippen LogP contribution in [-0.4, -0.2) is 56.7 Å². The van der Waals surface area contributed by atoms with Crippen LogP contribution in [0.2, 0.25) is 0 Å². The van der Waals surface area contributed by atoms with Crippen molar-refractivity contribution < 1.29 is 34.8 Å². The molecule has 5 N–H and O–H groups in total. The Kier molecular flexibility index (Phi) is 17.1. The minimum absolute atomic E-state index is 0.122. The molecule has 1 amide bonds. The first kappa shape index (κ1) is 35.5. The van der Waals surface area contributed by atoms with Gasteiger partial charge in [0.25, 0.3) is 5.91 Å². The third-order valence-corrected chi connectivity index (χ3v) is 8.24. The topological polar surface area (TPSA) is 144 Å². The summed E-state index contributed by atoms with van der Waals surface area (Å²) in [7, 11) is 0. The van der Waals surface area contributed by atoms with Crippen LogP contribution in [0.5, 0.6) is 5.75 Å². The number of carbonyl (C=O) groups is 3. The molecule has 0 aliphatic carbocycles. The summed E-state index contributed by atoms with van der Waals surface area (Å²) in [5, 5.41) is 40.9. The van der Waals surface area contributed by atoms with Gasteiger partial charge in [0.15, 0.2) is 5.78 Å². The van der Waals surface area contributed by atoms with Gasteiger partial charge in [-0.15, -0.1) is 0 Å². The first-order valence-corrected chi connectivity index (χ1v) is 16.1. The Balaban J connectivity index is 1.49. The minimum Gasteiger partial charge on any atom is -0.511 e. The monoisotopic (exact) mass is 587 g/mol. The number of carbonyl (C=O) groups excluding carboxylic acids is 3. The molecule has 1 aliphatic rings. The fourth-order valence-electron chi connectivity index (χ4n) is 5.50. The first-order chi connectivity index (χ1) is 20.2. The fourth-order valence-corrected chi connectivity index (χ4v) is 5.50. The van der Waals surface area contributed by atoms with Gasteiger partial charge in [-0.3, -0.25) is 14.4 Å². The van der Waals surface area contributed by atoms with E-state index in [-0.39, 0.29) is 35.4 Å². The number of aliphatic hydroxyl groups excluding tert-OH is 3. The Morgan fingerprint density at radius 3 is 1.86 bits per heavy atom. The van der Waals surface area contributed by atoms with Gasteiger partial charge in [0.2, 0.25) is 0 Å². The summed E-state index contributed by atoms with van der Waals surface area (Å²) in [6, 6.07) is 5.79. The Labute approximate surface area is 251 Å². The molecule has 0 unspecified atom stereocenters. The summed E-state index contributed by atoms with van der Waals surface area (Å²) < 4.78 is 0. The summed E-state index contributed by atoms with van der Waals surface area (Å²) in [5.41, 5.74) is 0.694. The van der Waals surface area contributed by atoms with Crippen molar-refractivity contribution in [3.8, 4) is 5.75 Å². The molecule has 0 aromatic heterocycles. The first-order valence-electron chi connectivity index (χ1n) is 16.1. The van der Waals surface area contributed by atoms with Crippen molar-refractivity contribution in [2.45, 2.75) is 135 Å². The molecule has 0 bridgehead atoms. The van der Waals surface area contributed by atoms with Gasteiger partial charge in [0.1, 0.15) is 22.9 Å². The van der Waals surface area contributed by atoms with Gasteiger partial charge in [0, 0.05) is 25.2 Å². The molecule has 1 saturated heterocycles. The average molecular weight is 588 g/mol. The van der Waals surface area contributed by atoms with Crippen LogP contribution in [0.1, 0.15) is 122 Å². The van der Waals surface area contributed by atoms with Gasteiger partial charge in [-0.1, -0.05) is 89.7 Å². The highest BCUT2D eigenvalue weighted by molar-refractivity contribution is 6.27. The number of aliphatic hydroxyl groups is 3. The van der Waals surface area contributed by atoms with E-state index in [4.69, 9.17) is 5.11 Å². The summed E-state index contributed by atoms with van der Waals surface area (Å²) >= 11 is 0. The number of nitrogens with one attached hydrogen (secondary N) is 1. The van der Waals surface area contributed by atoms with Gasteiger partial charge in [-0.2, -0.15) is 0 Å². The van der Waals surface area contributed by atoms with Crippen molar-refractivity contribution in [3.63, 3.8) is 0 Å². The number of unbranched alkanes of at least 4 members (excludes halogenated alkanes) is 11. The quantitative estimate of drug-likeness (QED) is 0.0457. The molecule has 0 radical (unpaired) electrons. The lowest BCUT2D eigenvalue weighted by atomic mass is 9.94. The number of amides is 1. The largest absolute Gasteiger partial charge is 0.511 e. The van der Waals surface area contributed by atoms with E-state index in [1.54, 1.807) is 12.1 Å². The number of phenols is 1. The molecule has 0 saturated carbocycles. The zero-order chi connectivity index (χ0) is 30.7. The predicted octanol–water partition coefficient (Wildman–Crippen LogP) is 6.00. The van der Waals surface area contributed by atoms with Gasteiger partial charge < -0.3 is 25.7 Å². The number of hydrogen-bond donors (Lipinski definition) is 5.